The summed E-state index contributed by atoms with van der Waals surface area (Å²) in [5.74, 6) is 0.386. The van der Waals surface area contributed by atoms with E-state index in [2.05, 4.69) is 10.6 Å². The third kappa shape index (κ3) is 5.89. The van der Waals surface area contributed by atoms with Crippen molar-refractivity contribution in [2.24, 2.45) is 0 Å². The Bertz CT molecular complexity index is 772. The Labute approximate surface area is 154 Å². The smallest absolute Gasteiger partial charge is 0.238 e. The summed E-state index contributed by atoms with van der Waals surface area (Å²) in [5, 5.41) is 5.67. The molecule has 0 bridgehead atoms. The first-order valence-electron chi connectivity index (χ1n) is 8.37. The van der Waals surface area contributed by atoms with Gasteiger partial charge in [-0.15, -0.1) is 0 Å². The number of aryl methyl sites for hydroxylation is 2. The summed E-state index contributed by atoms with van der Waals surface area (Å²) in [7, 11) is 3.32. The number of nitrogens with zero attached hydrogens (tertiary/aromatic N) is 1. The molecule has 0 spiro atoms. The molecule has 0 atom stereocenters. The Hall–Kier alpha value is -2.86. The van der Waals surface area contributed by atoms with Gasteiger partial charge in [0.25, 0.3) is 0 Å². The maximum atomic E-state index is 12.2. The lowest BCUT2D eigenvalue weighted by molar-refractivity contribution is -0.119. The minimum Gasteiger partial charge on any atom is -0.497 e. The number of benzene rings is 2. The van der Waals surface area contributed by atoms with Crippen LogP contribution in [0.2, 0.25) is 0 Å². The molecule has 6 nitrogen and oxygen atoms in total. The van der Waals surface area contributed by atoms with Crippen molar-refractivity contribution in [1.29, 1.82) is 0 Å². The van der Waals surface area contributed by atoms with Crippen LogP contribution in [-0.4, -0.2) is 44.0 Å². The number of carbonyl (C=O) groups is 2. The Balaban J connectivity index is 1.81. The minimum absolute atomic E-state index is 0.117. The molecular weight excluding hydrogens is 330 g/mol. The molecule has 2 N–H and O–H groups in total. The molecule has 0 radical (unpaired) electrons. The van der Waals surface area contributed by atoms with Crippen LogP contribution < -0.4 is 15.4 Å². The number of likely N-dealkylation sites (N-methyl/N-ethyl adjacent to an activating group) is 1. The fourth-order valence-electron chi connectivity index (χ4n) is 2.56. The molecule has 2 rings (SSSR count). The van der Waals surface area contributed by atoms with Crippen molar-refractivity contribution in [2.75, 3.05) is 37.9 Å². The van der Waals surface area contributed by atoms with Crippen LogP contribution in [0.3, 0.4) is 0 Å². The van der Waals surface area contributed by atoms with Crippen molar-refractivity contribution >= 4 is 23.2 Å². The summed E-state index contributed by atoms with van der Waals surface area (Å²) < 4.78 is 5.08. The maximum absolute atomic E-state index is 12.2. The summed E-state index contributed by atoms with van der Waals surface area (Å²) >= 11 is 0. The summed E-state index contributed by atoms with van der Waals surface area (Å²) in [4.78, 5) is 25.9. The van der Waals surface area contributed by atoms with Gasteiger partial charge in [-0.2, -0.15) is 0 Å². The van der Waals surface area contributed by atoms with Gasteiger partial charge in [0.1, 0.15) is 5.75 Å². The first-order valence-corrected chi connectivity index (χ1v) is 8.37. The first-order chi connectivity index (χ1) is 12.4. The molecule has 2 aromatic rings. The van der Waals surface area contributed by atoms with Gasteiger partial charge in [0.05, 0.1) is 20.2 Å². The fraction of sp³-hybridized carbons (Fsp3) is 0.300. The lowest BCUT2D eigenvalue weighted by Gasteiger charge is -2.17. The highest BCUT2D eigenvalue weighted by molar-refractivity contribution is 5.95. The molecule has 0 aliphatic rings. The van der Waals surface area contributed by atoms with Gasteiger partial charge in [-0.1, -0.05) is 17.7 Å². The number of methoxy groups -OCH3 is 1. The Kier molecular flexibility index (Phi) is 6.74. The van der Waals surface area contributed by atoms with E-state index in [9.17, 15) is 9.59 Å². The average molecular weight is 355 g/mol. The van der Waals surface area contributed by atoms with E-state index >= 15 is 0 Å². The van der Waals surface area contributed by atoms with Gasteiger partial charge in [-0.05, 0) is 56.8 Å². The zero-order chi connectivity index (χ0) is 19.1. The molecule has 0 unspecified atom stereocenters. The number of carbonyl (C=O) groups excluding carboxylic acids is 2. The number of nitrogens with one attached hydrogen (secondary N) is 2. The molecule has 0 aliphatic heterocycles. The van der Waals surface area contributed by atoms with Crippen LogP contribution >= 0.6 is 0 Å². The van der Waals surface area contributed by atoms with Crippen molar-refractivity contribution in [3.8, 4) is 5.75 Å². The van der Waals surface area contributed by atoms with Crippen LogP contribution in [0, 0.1) is 13.8 Å². The Morgan fingerprint density at radius 2 is 1.58 bits per heavy atom. The number of rotatable bonds is 7. The molecule has 0 aliphatic carbocycles. The van der Waals surface area contributed by atoms with Crippen molar-refractivity contribution in [3.05, 3.63) is 53.6 Å². The van der Waals surface area contributed by atoms with Crippen molar-refractivity contribution in [1.82, 2.24) is 4.90 Å². The zero-order valence-corrected chi connectivity index (χ0v) is 15.6. The van der Waals surface area contributed by atoms with Gasteiger partial charge < -0.3 is 15.4 Å². The summed E-state index contributed by atoms with van der Waals surface area (Å²) in [6.45, 7) is 4.21. The van der Waals surface area contributed by atoms with Gasteiger partial charge in [0, 0.05) is 11.4 Å². The second-order valence-corrected chi connectivity index (χ2v) is 6.32. The summed E-state index contributed by atoms with van der Waals surface area (Å²) in [6, 6.07) is 12.9. The zero-order valence-electron chi connectivity index (χ0n) is 15.6. The van der Waals surface area contributed by atoms with E-state index in [-0.39, 0.29) is 24.9 Å². The van der Waals surface area contributed by atoms with E-state index in [1.807, 2.05) is 32.0 Å². The van der Waals surface area contributed by atoms with Crippen molar-refractivity contribution < 1.29 is 14.3 Å². The van der Waals surface area contributed by atoms with Crippen LogP contribution in [0.4, 0.5) is 11.4 Å². The van der Waals surface area contributed by atoms with Gasteiger partial charge in [-0.25, -0.2) is 0 Å². The summed E-state index contributed by atoms with van der Waals surface area (Å²) in [5.41, 5.74) is 3.63. The molecule has 2 aromatic carbocycles. The van der Waals surface area contributed by atoms with Crippen molar-refractivity contribution in [3.63, 3.8) is 0 Å². The molecule has 0 aromatic heterocycles. The second-order valence-electron chi connectivity index (χ2n) is 6.32. The standard InChI is InChI=1S/C20H25N3O3/c1-14-5-10-18(15(2)11-14)22-20(25)13-23(3)12-19(24)21-16-6-8-17(26-4)9-7-16/h5-11H,12-13H2,1-4H3,(H,21,24)(H,22,25). The number of anilines is 2. The molecular formula is C20H25N3O3. The van der Waals surface area contributed by atoms with Crippen LogP contribution in [0.5, 0.6) is 5.75 Å². The Morgan fingerprint density at radius 1 is 0.962 bits per heavy atom. The Morgan fingerprint density at radius 3 is 2.15 bits per heavy atom. The van der Waals surface area contributed by atoms with E-state index in [1.54, 1.807) is 43.3 Å². The number of ether oxygens (including phenoxy) is 1. The lowest BCUT2D eigenvalue weighted by Crippen LogP contribution is -2.36. The quantitative estimate of drug-likeness (QED) is 0.801. The SMILES string of the molecule is COc1ccc(NC(=O)CN(C)CC(=O)Nc2ccc(C)cc2C)cc1. The molecule has 0 fully saturated rings. The average Bonchev–Trinajstić information content (AvgIpc) is 2.57. The van der Waals surface area contributed by atoms with E-state index in [4.69, 9.17) is 4.74 Å². The molecule has 6 heteroatoms. The second kappa shape index (κ2) is 9.01. The molecule has 26 heavy (non-hydrogen) atoms. The lowest BCUT2D eigenvalue weighted by atomic mass is 10.1. The van der Waals surface area contributed by atoms with Gasteiger partial charge >= 0.3 is 0 Å². The molecule has 0 heterocycles. The van der Waals surface area contributed by atoms with E-state index in [0.717, 1.165) is 22.6 Å². The molecule has 138 valence electrons. The highest BCUT2D eigenvalue weighted by atomic mass is 16.5. The highest BCUT2D eigenvalue weighted by Gasteiger charge is 2.12. The number of hydrogen-bond acceptors (Lipinski definition) is 4. The van der Waals surface area contributed by atoms with Crippen LogP contribution in [0.1, 0.15) is 11.1 Å². The third-order valence-corrected chi connectivity index (χ3v) is 3.86. The van der Waals surface area contributed by atoms with E-state index < -0.39 is 0 Å². The van der Waals surface area contributed by atoms with Crippen LogP contribution in [0.15, 0.2) is 42.5 Å². The minimum atomic E-state index is -0.183. The van der Waals surface area contributed by atoms with E-state index in [0.29, 0.717) is 5.69 Å². The number of hydrogen-bond donors (Lipinski definition) is 2. The largest absolute Gasteiger partial charge is 0.497 e. The van der Waals surface area contributed by atoms with Crippen LogP contribution in [0.25, 0.3) is 0 Å². The van der Waals surface area contributed by atoms with Gasteiger partial charge in [0.2, 0.25) is 11.8 Å². The predicted octanol–water partition coefficient (Wildman–Crippen LogP) is 2.82. The molecule has 2 amide bonds. The predicted molar refractivity (Wildman–Crippen MR) is 104 cm³/mol. The summed E-state index contributed by atoms with van der Waals surface area (Å²) in [6.07, 6.45) is 0. The first kappa shape index (κ1) is 19.5. The van der Waals surface area contributed by atoms with Crippen LogP contribution in [-0.2, 0) is 9.59 Å². The molecule has 0 saturated heterocycles. The van der Waals surface area contributed by atoms with Gasteiger partial charge in [-0.3, -0.25) is 14.5 Å². The third-order valence-electron chi connectivity index (χ3n) is 3.86. The van der Waals surface area contributed by atoms with Crippen molar-refractivity contribution in [2.45, 2.75) is 13.8 Å². The molecule has 0 saturated carbocycles. The van der Waals surface area contributed by atoms with E-state index in [1.165, 1.54) is 0 Å². The number of amides is 2. The highest BCUT2D eigenvalue weighted by Crippen LogP contribution is 2.16. The monoisotopic (exact) mass is 355 g/mol. The fourth-order valence-corrected chi connectivity index (χ4v) is 2.56. The topological polar surface area (TPSA) is 70.7 Å². The van der Waals surface area contributed by atoms with Gasteiger partial charge in [0.15, 0.2) is 0 Å². The maximum Gasteiger partial charge on any atom is 0.238 e. The normalized spacial score (nSPS) is 10.5.